The lowest BCUT2D eigenvalue weighted by Gasteiger charge is -2.08. The van der Waals surface area contributed by atoms with Crippen molar-refractivity contribution in [3.8, 4) is 0 Å². The molecule has 0 bridgehead atoms. The smallest absolute Gasteiger partial charge is 0.339 e. The molecule has 1 N–H and O–H groups in total. The molecule has 5 heteroatoms. The summed E-state index contributed by atoms with van der Waals surface area (Å²) in [5.74, 6) is -0.371. The average Bonchev–Trinajstić information content (AvgIpc) is 3.15. The summed E-state index contributed by atoms with van der Waals surface area (Å²) in [5, 5.41) is 3.08. The fourth-order valence-electron chi connectivity index (χ4n) is 1.56. The van der Waals surface area contributed by atoms with Crippen molar-refractivity contribution >= 4 is 29.2 Å². The third-order valence-corrected chi connectivity index (χ3v) is 3.01. The van der Waals surface area contributed by atoms with Gasteiger partial charge in [0.25, 0.3) is 0 Å². The second-order valence-electron chi connectivity index (χ2n) is 4.18. The predicted octanol–water partition coefficient (Wildman–Crippen LogP) is 2.87. The van der Waals surface area contributed by atoms with Gasteiger partial charge >= 0.3 is 5.97 Å². The van der Waals surface area contributed by atoms with Crippen molar-refractivity contribution < 1.29 is 14.3 Å². The van der Waals surface area contributed by atoms with Crippen LogP contribution in [0.1, 0.15) is 30.1 Å². The number of ether oxygens (including phenoxy) is 1. The number of anilines is 1. The maximum atomic E-state index is 11.6. The van der Waals surface area contributed by atoms with Crippen molar-refractivity contribution in [3.63, 3.8) is 0 Å². The first kappa shape index (κ1) is 12.9. The molecule has 0 radical (unpaired) electrons. The first-order chi connectivity index (χ1) is 8.61. The quantitative estimate of drug-likeness (QED) is 0.854. The molecule has 1 amide bonds. The Morgan fingerprint density at radius 3 is 2.78 bits per heavy atom. The van der Waals surface area contributed by atoms with Crippen LogP contribution in [0.3, 0.4) is 0 Å². The van der Waals surface area contributed by atoms with Crippen LogP contribution in [-0.2, 0) is 9.53 Å². The van der Waals surface area contributed by atoms with Crippen molar-refractivity contribution in [3.05, 3.63) is 28.8 Å². The number of rotatable bonds is 4. The molecule has 96 valence electrons. The summed E-state index contributed by atoms with van der Waals surface area (Å²) in [6.07, 6.45) is 1.87. The number of nitrogens with one attached hydrogen (secondary N) is 1. The maximum Gasteiger partial charge on any atom is 0.339 e. The van der Waals surface area contributed by atoms with Crippen molar-refractivity contribution in [1.29, 1.82) is 0 Å². The van der Waals surface area contributed by atoms with E-state index in [1.165, 1.54) is 0 Å². The number of carbonyl (C=O) groups is 2. The first-order valence-corrected chi connectivity index (χ1v) is 6.27. The number of halogens is 1. The van der Waals surface area contributed by atoms with E-state index in [2.05, 4.69) is 5.32 Å². The molecule has 0 saturated heterocycles. The molecule has 1 aliphatic rings. The lowest BCUT2D eigenvalue weighted by Crippen LogP contribution is -2.14. The van der Waals surface area contributed by atoms with E-state index in [9.17, 15) is 9.59 Å². The molecule has 0 aromatic heterocycles. The number of esters is 1. The third kappa shape index (κ3) is 3.01. The van der Waals surface area contributed by atoms with Gasteiger partial charge in [0.05, 0.1) is 17.2 Å². The van der Waals surface area contributed by atoms with Crippen LogP contribution in [0, 0.1) is 5.92 Å². The largest absolute Gasteiger partial charge is 0.462 e. The summed E-state index contributed by atoms with van der Waals surface area (Å²) < 4.78 is 4.89. The molecule has 0 atom stereocenters. The molecule has 0 aliphatic heterocycles. The highest BCUT2D eigenvalue weighted by molar-refractivity contribution is 6.33. The first-order valence-electron chi connectivity index (χ1n) is 5.89. The molecule has 18 heavy (non-hydrogen) atoms. The Bertz CT molecular complexity index is 483. The Balaban J connectivity index is 2.14. The molecule has 1 fully saturated rings. The van der Waals surface area contributed by atoms with Crippen molar-refractivity contribution in [2.45, 2.75) is 19.8 Å². The van der Waals surface area contributed by atoms with Gasteiger partial charge in [-0.2, -0.15) is 0 Å². The lowest BCUT2D eigenvalue weighted by atomic mass is 10.2. The number of benzene rings is 1. The molecule has 1 aromatic carbocycles. The van der Waals surface area contributed by atoms with Crippen LogP contribution in [0.4, 0.5) is 5.69 Å². The van der Waals surface area contributed by atoms with Gasteiger partial charge in [0.1, 0.15) is 0 Å². The molecule has 1 aliphatic carbocycles. The van der Waals surface area contributed by atoms with E-state index in [4.69, 9.17) is 16.3 Å². The van der Waals surface area contributed by atoms with E-state index in [1.807, 2.05) is 0 Å². The highest BCUT2D eigenvalue weighted by Crippen LogP contribution is 2.30. The van der Waals surface area contributed by atoms with E-state index >= 15 is 0 Å². The van der Waals surface area contributed by atoms with Gasteiger partial charge in [-0.15, -0.1) is 0 Å². The van der Waals surface area contributed by atoms with Crippen LogP contribution in [0.15, 0.2) is 18.2 Å². The summed E-state index contributed by atoms with van der Waals surface area (Å²) in [6, 6.07) is 4.79. The van der Waals surface area contributed by atoms with Crippen LogP contribution in [0.25, 0.3) is 0 Å². The molecule has 4 nitrogen and oxygen atoms in total. The summed E-state index contributed by atoms with van der Waals surface area (Å²) in [7, 11) is 0. The van der Waals surface area contributed by atoms with Crippen LogP contribution >= 0.6 is 11.6 Å². The molecule has 0 unspecified atom stereocenters. The Morgan fingerprint density at radius 1 is 1.44 bits per heavy atom. The standard InChI is InChI=1S/C13H14ClNO3/c1-2-18-13(17)10-7-9(5-6-11(10)14)15-12(16)8-3-4-8/h5-8H,2-4H2,1H3,(H,15,16). The summed E-state index contributed by atoms with van der Waals surface area (Å²) >= 11 is 5.92. The van der Waals surface area contributed by atoms with Crippen molar-refractivity contribution in [2.75, 3.05) is 11.9 Å². The minimum absolute atomic E-state index is 0.00729. The van der Waals surface area contributed by atoms with Gasteiger partial charge in [0.2, 0.25) is 5.91 Å². The molecule has 2 rings (SSSR count). The SMILES string of the molecule is CCOC(=O)c1cc(NC(=O)C2CC2)ccc1Cl. The highest BCUT2D eigenvalue weighted by atomic mass is 35.5. The third-order valence-electron chi connectivity index (χ3n) is 2.68. The van der Waals surface area contributed by atoms with Crippen LogP contribution in [-0.4, -0.2) is 18.5 Å². The van der Waals surface area contributed by atoms with Gasteiger partial charge in [-0.05, 0) is 38.0 Å². The zero-order valence-electron chi connectivity index (χ0n) is 10.0. The Morgan fingerprint density at radius 2 is 2.17 bits per heavy atom. The molecular weight excluding hydrogens is 254 g/mol. The second-order valence-corrected chi connectivity index (χ2v) is 4.59. The number of hydrogen-bond donors (Lipinski definition) is 1. The van der Waals surface area contributed by atoms with E-state index in [-0.39, 0.29) is 24.0 Å². The Kier molecular flexibility index (Phi) is 3.87. The van der Waals surface area contributed by atoms with Crippen LogP contribution in [0.2, 0.25) is 5.02 Å². The zero-order chi connectivity index (χ0) is 13.1. The van der Waals surface area contributed by atoms with Gasteiger partial charge < -0.3 is 10.1 Å². The highest BCUT2D eigenvalue weighted by Gasteiger charge is 2.29. The van der Waals surface area contributed by atoms with Gasteiger partial charge in [-0.1, -0.05) is 11.6 Å². The normalized spacial score (nSPS) is 14.1. The molecule has 1 aromatic rings. The van der Waals surface area contributed by atoms with E-state index in [0.717, 1.165) is 12.8 Å². The predicted molar refractivity (Wildman–Crippen MR) is 68.8 cm³/mol. The molecule has 1 saturated carbocycles. The van der Waals surface area contributed by atoms with Gasteiger partial charge in [-0.25, -0.2) is 4.79 Å². The summed E-state index contributed by atoms with van der Waals surface area (Å²) in [6.45, 7) is 2.01. The van der Waals surface area contributed by atoms with Crippen molar-refractivity contribution in [1.82, 2.24) is 0 Å². The fraction of sp³-hybridized carbons (Fsp3) is 0.385. The minimum Gasteiger partial charge on any atom is -0.462 e. The van der Waals surface area contributed by atoms with Crippen LogP contribution in [0.5, 0.6) is 0 Å². The fourth-order valence-corrected chi connectivity index (χ4v) is 1.75. The maximum absolute atomic E-state index is 11.6. The molecular formula is C13H14ClNO3. The summed E-state index contributed by atoms with van der Waals surface area (Å²) in [4.78, 5) is 23.2. The molecule has 0 spiro atoms. The zero-order valence-corrected chi connectivity index (χ0v) is 10.8. The summed E-state index contributed by atoms with van der Waals surface area (Å²) in [5.41, 5.74) is 0.839. The lowest BCUT2D eigenvalue weighted by molar-refractivity contribution is -0.117. The van der Waals surface area contributed by atoms with E-state index in [0.29, 0.717) is 10.7 Å². The van der Waals surface area contributed by atoms with Crippen molar-refractivity contribution in [2.24, 2.45) is 5.92 Å². The monoisotopic (exact) mass is 267 g/mol. The Labute approximate surface area is 110 Å². The minimum atomic E-state index is -0.481. The van der Waals surface area contributed by atoms with Gasteiger partial charge in [0, 0.05) is 11.6 Å². The molecule has 0 heterocycles. The van der Waals surface area contributed by atoms with Gasteiger partial charge in [-0.3, -0.25) is 4.79 Å². The topological polar surface area (TPSA) is 55.4 Å². The second kappa shape index (κ2) is 5.40. The van der Waals surface area contributed by atoms with E-state index in [1.54, 1.807) is 25.1 Å². The number of hydrogen-bond acceptors (Lipinski definition) is 3. The van der Waals surface area contributed by atoms with Crippen LogP contribution < -0.4 is 5.32 Å². The number of amides is 1. The van der Waals surface area contributed by atoms with Gasteiger partial charge in [0.15, 0.2) is 0 Å². The number of carbonyl (C=O) groups excluding carboxylic acids is 2. The Hall–Kier alpha value is -1.55. The average molecular weight is 268 g/mol. The van der Waals surface area contributed by atoms with E-state index < -0.39 is 5.97 Å².